The molecular formula is C28H48Cl2N8O3. The van der Waals surface area contributed by atoms with E-state index < -0.39 is 24.3 Å². The minimum atomic E-state index is -0.807. The third-order valence-electron chi connectivity index (χ3n) is 7.37. The lowest BCUT2D eigenvalue weighted by atomic mass is 9.86. The number of halogens is 2. The lowest BCUT2D eigenvalue weighted by molar-refractivity contribution is -0.132. The van der Waals surface area contributed by atoms with Gasteiger partial charge in [0.2, 0.25) is 17.7 Å². The Balaban J connectivity index is 1.99. The van der Waals surface area contributed by atoms with Crippen molar-refractivity contribution in [2.75, 3.05) is 19.6 Å². The number of rotatable bonds is 18. The van der Waals surface area contributed by atoms with Crippen molar-refractivity contribution in [3.05, 3.63) is 33.8 Å². The molecule has 0 radical (unpaired) electrons. The van der Waals surface area contributed by atoms with Crippen molar-refractivity contribution < 1.29 is 14.4 Å². The minimum Gasteiger partial charge on any atom is -0.354 e. The first kappa shape index (κ1) is 35.2. The van der Waals surface area contributed by atoms with Gasteiger partial charge < -0.3 is 38.9 Å². The van der Waals surface area contributed by atoms with E-state index in [4.69, 9.17) is 46.1 Å². The highest BCUT2D eigenvalue weighted by atomic mass is 35.5. The molecule has 1 aliphatic rings. The smallest absolute Gasteiger partial charge is 0.243 e. The standard InChI is InChI=1S/C28H48Cl2N8O3/c29-21-12-9-19(15-22(21)30)16-25(39)37-24(6-2-4-14-32)27(41)38-23(5-1-3-13-31)26(40)35-17-18-7-10-20(11-8-18)36-28(33)34/h9,12,15,18,20,23-24,28,36H,1-8,10-11,13-14,16-17,31-34H2,(H,35,40)(H,37,39)(H,38,41)/t18?,20?,23-,24-/m0/s1. The monoisotopic (exact) mass is 614 g/mol. The summed E-state index contributed by atoms with van der Waals surface area (Å²) in [5, 5.41) is 12.7. The lowest BCUT2D eigenvalue weighted by Gasteiger charge is -2.31. The van der Waals surface area contributed by atoms with Crippen LogP contribution in [0.15, 0.2) is 18.2 Å². The molecule has 1 saturated carbocycles. The predicted molar refractivity (Wildman–Crippen MR) is 164 cm³/mol. The normalized spacial score (nSPS) is 18.5. The molecule has 0 unspecified atom stereocenters. The number of unbranched alkanes of at least 4 members (excludes halogenated alkanes) is 2. The predicted octanol–water partition coefficient (Wildman–Crippen LogP) is 1.23. The number of nitrogens with two attached hydrogens (primary N) is 4. The summed E-state index contributed by atoms with van der Waals surface area (Å²) in [6.07, 6.45) is 6.91. The van der Waals surface area contributed by atoms with E-state index >= 15 is 0 Å². The van der Waals surface area contributed by atoms with Crippen molar-refractivity contribution in [1.82, 2.24) is 21.3 Å². The maximum atomic E-state index is 13.4. The molecule has 0 bridgehead atoms. The van der Waals surface area contributed by atoms with Crippen LogP contribution in [0.5, 0.6) is 0 Å². The van der Waals surface area contributed by atoms with Crippen LogP contribution in [0.1, 0.15) is 69.8 Å². The summed E-state index contributed by atoms with van der Waals surface area (Å²) >= 11 is 12.1. The molecule has 1 aliphatic carbocycles. The van der Waals surface area contributed by atoms with Gasteiger partial charge in [-0.1, -0.05) is 29.3 Å². The number of carbonyl (C=O) groups excluding carboxylic acids is 3. The quantitative estimate of drug-likeness (QED) is 0.0889. The second-order valence-electron chi connectivity index (χ2n) is 10.8. The molecule has 3 amide bonds. The van der Waals surface area contributed by atoms with Crippen LogP contribution >= 0.6 is 23.2 Å². The van der Waals surface area contributed by atoms with Gasteiger partial charge in [0.25, 0.3) is 0 Å². The highest BCUT2D eigenvalue weighted by molar-refractivity contribution is 6.42. The molecule has 1 aromatic rings. The number of hydrogen-bond donors (Lipinski definition) is 8. The Morgan fingerprint density at radius 3 is 2.00 bits per heavy atom. The van der Waals surface area contributed by atoms with Gasteiger partial charge in [-0.15, -0.1) is 0 Å². The average Bonchev–Trinajstić information content (AvgIpc) is 2.93. The molecular weight excluding hydrogens is 567 g/mol. The second-order valence-corrected chi connectivity index (χ2v) is 11.6. The van der Waals surface area contributed by atoms with Crippen molar-refractivity contribution >= 4 is 40.9 Å². The molecule has 2 rings (SSSR count). The summed E-state index contributed by atoms with van der Waals surface area (Å²) in [4.78, 5) is 39.4. The Morgan fingerprint density at radius 1 is 0.829 bits per heavy atom. The molecule has 12 N–H and O–H groups in total. The van der Waals surface area contributed by atoms with Gasteiger partial charge in [0.15, 0.2) is 0 Å². The molecule has 11 nitrogen and oxygen atoms in total. The van der Waals surface area contributed by atoms with Crippen LogP contribution in [0.4, 0.5) is 0 Å². The van der Waals surface area contributed by atoms with Gasteiger partial charge in [0.1, 0.15) is 18.4 Å². The fourth-order valence-corrected chi connectivity index (χ4v) is 5.37. The highest BCUT2D eigenvalue weighted by Crippen LogP contribution is 2.24. The van der Waals surface area contributed by atoms with Gasteiger partial charge >= 0.3 is 0 Å². The van der Waals surface area contributed by atoms with Crippen LogP contribution in [-0.4, -0.2) is 61.8 Å². The first-order valence-electron chi connectivity index (χ1n) is 14.6. The third-order valence-corrected chi connectivity index (χ3v) is 8.11. The van der Waals surface area contributed by atoms with Gasteiger partial charge in [-0.05, 0) is 101 Å². The molecule has 232 valence electrons. The molecule has 0 spiro atoms. The Bertz CT molecular complexity index is 960. The summed E-state index contributed by atoms with van der Waals surface area (Å²) < 4.78 is 0. The number of hydrogen-bond acceptors (Lipinski definition) is 8. The van der Waals surface area contributed by atoms with Crippen LogP contribution < -0.4 is 44.2 Å². The van der Waals surface area contributed by atoms with Crippen LogP contribution in [0.25, 0.3) is 0 Å². The summed E-state index contributed by atoms with van der Waals surface area (Å²) in [5.74, 6) is -0.623. The zero-order valence-corrected chi connectivity index (χ0v) is 25.3. The molecule has 0 saturated heterocycles. The van der Waals surface area contributed by atoms with Crippen molar-refractivity contribution in [3.63, 3.8) is 0 Å². The minimum absolute atomic E-state index is 0.0347. The molecule has 13 heteroatoms. The van der Waals surface area contributed by atoms with Gasteiger partial charge in [-0.3, -0.25) is 19.7 Å². The van der Waals surface area contributed by atoms with Crippen LogP contribution in [0.3, 0.4) is 0 Å². The molecule has 2 atom stereocenters. The summed E-state index contributed by atoms with van der Waals surface area (Å²) in [6, 6.07) is 3.71. The molecule has 1 fully saturated rings. The van der Waals surface area contributed by atoms with E-state index in [2.05, 4.69) is 21.3 Å². The largest absolute Gasteiger partial charge is 0.354 e. The average molecular weight is 616 g/mol. The molecule has 0 aliphatic heterocycles. The van der Waals surface area contributed by atoms with Crippen molar-refractivity contribution in [2.45, 2.75) is 95.0 Å². The van der Waals surface area contributed by atoms with Crippen LogP contribution in [0.2, 0.25) is 10.0 Å². The van der Waals surface area contributed by atoms with Crippen LogP contribution in [0, 0.1) is 5.92 Å². The highest BCUT2D eigenvalue weighted by Gasteiger charge is 2.28. The van der Waals surface area contributed by atoms with Gasteiger partial charge in [-0.25, -0.2) is 0 Å². The fourth-order valence-electron chi connectivity index (χ4n) is 5.05. The zero-order valence-electron chi connectivity index (χ0n) is 23.8. The maximum absolute atomic E-state index is 13.4. The van der Waals surface area contributed by atoms with E-state index in [9.17, 15) is 14.4 Å². The summed E-state index contributed by atoms with van der Waals surface area (Å²) in [6.45, 7) is 1.51. The first-order chi connectivity index (χ1) is 19.6. The fraction of sp³-hybridized carbons (Fsp3) is 0.679. The number of carbonyl (C=O) groups is 3. The van der Waals surface area contributed by atoms with Gasteiger partial charge in [-0.2, -0.15) is 0 Å². The van der Waals surface area contributed by atoms with Crippen molar-refractivity contribution in [1.29, 1.82) is 0 Å². The van der Waals surface area contributed by atoms with E-state index in [0.717, 1.165) is 32.1 Å². The Kier molecular flexibility index (Phi) is 16.5. The number of benzene rings is 1. The van der Waals surface area contributed by atoms with Crippen molar-refractivity contribution in [2.24, 2.45) is 28.9 Å². The SMILES string of the molecule is NCCCC[C@H](NC(=O)Cc1ccc(Cl)c(Cl)c1)C(=O)N[C@@H](CCCCN)C(=O)NCC1CCC(NC(N)N)CC1. The van der Waals surface area contributed by atoms with E-state index in [0.29, 0.717) is 73.3 Å². The Labute approximate surface area is 253 Å². The Morgan fingerprint density at radius 2 is 1.44 bits per heavy atom. The van der Waals surface area contributed by atoms with Gasteiger partial charge in [0, 0.05) is 12.6 Å². The van der Waals surface area contributed by atoms with Gasteiger partial charge in [0.05, 0.1) is 16.5 Å². The number of nitrogens with one attached hydrogen (secondary N) is 4. The van der Waals surface area contributed by atoms with E-state index in [1.54, 1.807) is 18.2 Å². The molecule has 0 heterocycles. The zero-order chi connectivity index (χ0) is 30.2. The Hall–Kier alpha value is -1.99. The second kappa shape index (κ2) is 19.2. The molecule has 1 aromatic carbocycles. The topological polar surface area (TPSA) is 203 Å². The van der Waals surface area contributed by atoms with E-state index in [-0.39, 0.29) is 24.3 Å². The number of amides is 3. The third kappa shape index (κ3) is 13.7. The first-order valence-corrected chi connectivity index (χ1v) is 15.4. The van der Waals surface area contributed by atoms with E-state index in [1.807, 2.05) is 0 Å². The summed E-state index contributed by atoms with van der Waals surface area (Å²) in [7, 11) is 0. The summed E-state index contributed by atoms with van der Waals surface area (Å²) in [5.41, 5.74) is 23.2. The van der Waals surface area contributed by atoms with Crippen molar-refractivity contribution in [3.8, 4) is 0 Å². The van der Waals surface area contributed by atoms with Crippen LogP contribution in [-0.2, 0) is 20.8 Å². The molecule has 41 heavy (non-hydrogen) atoms. The molecule has 0 aromatic heterocycles. The lowest BCUT2D eigenvalue weighted by Crippen LogP contribution is -2.54. The maximum Gasteiger partial charge on any atom is 0.243 e. The van der Waals surface area contributed by atoms with E-state index in [1.165, 1.54) is 0 Å².